The number of hydrogen-bond donors (Lipinski definition) is 2. The van der Waals surface area contributed by atoms with Gasteiger partial charge in [-0.2, -0.15) is 0 Å². The molecular formula is C22H20N2O5S. The Bertz CT molecular complexity index is 1140. The van der Waals surface area contributed by atoms with Crippen molar-refractivity contribution in [2.24, 2.45) is 5.14 Å². The normalized spacial score (nSPS) is 11.0. The van der Waals surface area contributed by atoms with Gasteiger partial charge < -0.3 is 10.1 Å². The fourth-order valence-corrected chi connectivity index (χ4v) is 3.32. The minimum atomic E-state index is -3.88. The molecule has 3 rings (SSSR count). The molecule has 0 spiro atoms. The number of benzene rings is 3. The van der Waals surface area contributed by atoms with Crippen LogP contribution in [0.15, 0.2) is 83.8 Å². The van der Waals surface area contributed by atoms with Crippen LogP contribution in [0.25, 0.3) is 11.1 Å². The molecule has 3 aromatic rings. The van der Waals surface area contributed by atoms with Crippen LogP contribution in [0.2, 0.25) is 0 Å². The molecule has 0 aliphatic carbocycles. The zero-order chi connectivity index (χ0) is 21.6. The van der Waals surface area contributed by atoms with Crippen molar-refractivity contribution in [3.8, 4) is 11.1 Å². The molecule has 0 atom stereocenters. The van der Waals surface area contributed by atoms with E-state index in [0.29, 0.717) is 0 Å². The van der Waals surface area contributed by atoms with E-state index in [1.54, 1.807) is 0 Å². The predicted octanol–water partition coefficient (Wildman–Crippen LogP) is 2.73. The van der Waals surface area contributed by atoms with Gasteiger partial charge in [-0.1, -0.05) is 60.7 Å². The summed E-state index contributed by atoms with van der Waals surface area (Å²) < 4.78 is 27.7. The fraction of sp³-hybridized carbons (Fsp3) is 0.0909. The smallest absolute Gasteiger partial charge is 0.310 e. The number of carbonyl (C=O) groups is 2. The molecule has 30 heavy (non-hydrogen) atoms. The van der Waals surface area contributed by atoms with Gasteiger partial charge in [0.1, 0.15) is 0 Å². The minimum Gasteiger partial charge on any atom is -0.455 e. The maximum atomic E-state index is 12.0. The number of hydrogen-bond acceptors (Lipinski definition) is 5. The lowest BCUT2D eigenvalue weighted by Crippen LogP contribution is -2.22. The summed E-state index contributed by atoms with van der Waals surface area (Å²) in [7, 11) is -3.88. The zero-order valence-electron chi connectivity index (χ0n) is 15.9. The Labute approximate surface area is 174 Å². The SMILES string of the molecule is NS(=O)(=O)c1cccc(NC(=O)COC(=O)Cc2ccc(-c3ccccc3)cc2)c1. The number of primary sulfonamides is 1. The first kappa shape index (κ1) is 21.2. The molecule has 0 radical (unpaired) electrons. The fourth-order valence-electron chi connectivity index (χ4n) is 2.76. The summed E-state index contributed by atoms with van der Waals surface area (Å²) in [5.74, 6) is -1.13. The van der Waals surface area contributed by atoms with Gasteiger partial charge in [0.05, 0.1) is 11.3 Å². The van der Waals surface area contributed by atoms with Crippen molar-refractivity contribution in [3.05, 3.63) is 84.4 Å². The second-order valence-corrected chi connectivity index (χ2v) is 8.08. The van der Waals surface area contributed by atoms with E-state index in [-0.39, 0.29) is 17.0 Å². The standard InChI is InChI=1S/C22H20N2O5S/c23-30(27,28)20-8-4-7-19(14-20)24-21(25)15-29-22(26)13-16-9-11-18(12-10-16)17-5-2-1-3-6-17/h1-12,14H,13,15H2,(H,24,25)(H2,23,27,28). The average Bonchev–Trinajstić information content (AvgIpc) is 2.73. The quantitative estimate of drug-likeness (QED) is 0.566. The highest BCUT2D eigenvalue weighted by atomic mass is 32.2. The number of ether oxygens (including phenoxy) is 1. The van der Waals surface area contributed by atoms with E-state index in [4.69, 9.17) is 9.88 Å². The topological polar surface area (TPSA) is 116 Å². The van der Waals surface area contributed by atoms with E-state index in [2.05, 4.69) is 5.32 Å². The molecule has 0 saturated carbocycles. The number of sulfonamides is 1. The van der Waals surface area contributed by atoms with Crippen LogP contribution < -0.4 is 10.5 Å². The lowest BCUT2D eigenvalue weighted by molar-refractivity contribution is -0.146. The first-order valence-corrected chi connectivity index (χ1v) is 10.6. The van der Waals surface area contributed by atoms with Gasteiger partial charge in [0.2, 0.25) is 10.0 Å². The van der Waals surface area contributed by atoms with Gasteiger partial charge in [0, 0.05) is 5.69 Å². The number of amides is 1. The van der Waals surface area contributed by atoms with Gasteiger partial charge >= 0.3 is 5.97 Å². The minimum absolute atomic E-state index is 0.0310. The van der Waals surface area contributed by atoms with Crippen LogP contribution in [0.3, 0.4) is 0 Å². The van der Waals surface area contributed by atoms with Crippen LogP contribution in [0, 0.1) is 0 Å². The van der Waals surface area contributed by atoms with E-state index < -0.39 is 28.5 Å². The van der Waals surface area contributed by atoms with Crippen LogP contribution >= 0.6 is 0 Å². The van der Waals surface area contributed by atoms with Crippen molar-refractivity contribution in [2.45, 2.75) is 11.3 Å². The second kappa shape index (κ2) is 9.34. The van der Waals surface area contributed by atoms with Crippen LogP contribution in [0.1, 0.15) is 5.56 Å². The van der Waals surface area contributed by atoms with Crippen molar-refractivity contribution < 1.29 is 22.7 Å². The molecular weight excluding hydrogens is 404 g/mol. The van der Waals surface area contributed by atoms with E-state index >= 15 is 0 Å². The molecule has 7 nitrogen and oxygen atoms in total. The van der Waals surface area contributed by atoms with Crippen molar-refractivity contribution in [3.63, 3.8) is 0 Å². The van der Waals surface area contributed by atoms with Gasteiger partial charge in [-0.25, -0.2) is 13.6 Å². The lowest BCUT2D eigenvalue weighted by atomic mass is 10.0. The Balaban J connectivity index is 1.50. The average molecular weight is 424 g/mol. The molecule has 154 valence electrons. The molecule has 0 aliphatic heterocycles. The molecule has 3 aromatic carbocycles. The molecule has 0 bridgehead atoms. The van der Waals surface area contributed by atoms with E-state index in [1.807, 2.05) is 54.6 Å². The van der Waals surface area contributed by atoms with E-state index in [9.17, 15) is 18.0 Å². The third-order valence-corrected chi connectivity index (χ3v) is 5.13. The summed E-state index contributed by atoms with van der Waals surface area (Å²) in [4.78, 5) is 23.8. The summed E-state index contributed by atoms with van der Waals surface area (Å²) in [6, 6.07) is 22.9. The first-order chi connectivity index (χ1) is 14.3. The van der Waals surface area contributed by atoms with Gasteiger partial charge in [0.15, 0.2) is 6.61 Å². The van der Waals surface area contributed by atoms with Gasteiger partial charge in [-0.3, -0.25) is 9.59 Å². The highest BCUT2D eigenvalue weighted by molar-refractivity contribution is 7.89. The largest absolute Gasteiger partial charge is 0.455 e. The molecule has 0 saturated heterocycles. The Morgan fingerprint density at radius 2 is 1.53 bits per heavy atom. The van der Waals surface area contributed by atoms with Gasteiger partial charge in [-0.15, -0.1) is 0 Å². The Hall–Kier alpha value is -3.49. The number of nitrogens with two attached hydrogens (primary N) is 1. The van der Waals surface area contributed by atoms with Crippen LogP contribution in [-0.2, 0) is 30.8 Å². The Morgan fingerprint density at radius 3 is 2.20 bits per heavy atom. The zero-order valence-corrected chi connectivity index (χ0v) is 16.8. The van der Waals surface area contributed by atoms with E-state index in [1.165, 1.54) is 24.3 Å². The van der Waals surface area contributed by atoms with Crippen molar-refractivity contribution in [1.82, 2.24) is 0 Å². The highest BCUT2D eigenvalue weighted by Crippen LogP contribution is 2.19. The van der Waals surface area contributed by atoms with E-state index in [0.717, 1.165) is 16.7 Å². The number of anilines is 1. The monoisotopic (exact) mass is 424 g/mol. The van der Waals surface area contributed by atoms with Gasteiger partial charge in [0.25, 0.3) is 5.91 Å². The van der Waals surface area contributed by atoms with Crippen molar-refractivity contribution >= 4 is 27.6 Å². The Kier molecular flexibility index (Phi) is 6.61. The number of carbonyl (C=O) groups excluding carboxylic acids is 2. The summed E-state index contributed by atoms with van der Waals surface area (Å²) >= 11 is 0. The molecule has 0 heterocycles. The number of rotatable bonds is 7. The maximum Gasteiger partial charge on any atom is 0.310 e. The molecule has 0 fully saturated rings. The van der Waals surface area contributed by atoms with Gasteiger partial charge in [-0.05, 0) is 34.9 Å². The summed E-state index contributed by atoms with van der Waals surface area (Å²) in [5, 5.41) is 7.52. The molecule has 0 aliphatic rings. The maximum absolute atomic E-state index is 12.0. The molecule has 0 unspecified atom stereocenters. The lowest BCUT2D eigenvalue weighted by Gasteiger charge is -2.08. The van der Waals surface area contributed by atoms with Crippen molar-refractivity contribution in [2.75, 3.05) is 11.9 Å². The summed E-state index contributed by atoms with van der Waals surface area (Å²) in [6.45, 7) is -0.486. The number of esters is 1. The second-order valence-electron chi connectivity index (χ2n) is 6.52. The third-order valence-electron chi connectivity index (χ3n) is 4.22. The van der Waals surface area contributed by atoms with Crippen molar-refractivity contribution in [1.29, 1.82) is 0 Å². The molecule has 3 N–H and O–H groups in total. The molecule has 0 aromatic heterocycles. The predicted molar refractivity (Wildman–Crippen MR) is 113 cm³/mol. The summed E-state index contributed by atoms with van der Waals surface area (Å²) in [5.41, 5.74) is 3.11. The first-order valence-electron chi connectivity index (χ1n) is 9.04. The third kappa shape index (κ3) is 6.00. The Morgan fingerprint density at radius 1 is 0.867 bits per heavy atom. The molecule has 8 heteroatoms. The molecule has 1 amide bonds. The van der Waals surface area contributed by atoms with Crippen LogP contribution in [-0.4, -0.2) is 26.9 Å². The number of nitrogens with one attached hydrogen (secondary N) is 1. The van der Waals surface area contributed by atoms with Crippen LogP contribution in [0.5, 0.6) is 0 Å². The highest BCUT2D eigenvalue weighted by Gasteiger charge is 2.12. The summed E-state index contributed by atoms with van der Waals surface area (Å²) in [6.07, 6.45) is 0.0310. The van der Waals surface area contributed by atoms with Crippen LogP contribution in [0.4, 0.5) is 5.69 Å².